The van der Waals surface area contributed by atoms with Crippen molar-refractivity contribution in [2.24, 2.45) is 0 Å². The van der Waals surface area contributed by atoms with Gasteiger partial charge in [0, 0.05) is 116 Å². The number of ether oxygens (including phenoxy) is 2. The van der Waals surface area contributed by atoms with Crippen molar-refractivity contribution in [3.05, 3.63) is 114 Å². The van der Waals surface area contributed by atoms with Crippen molar-refractivity contribution in [3.8, 4) is 0 Å². The Hall–Kier alpha value is -7.73. The molecule has 3 atom stereocenters. The molecule has 2 fully saturated rings. The number of aliphatic carboxylic acids is 1. The summed E-state index contributed by atoms with van der Waals surface area (Å²) >= 11 is 0. The molecule has 3 unspecified atom stereocenters. The standard InChI is InChI=1S/C63H78F2N10O12/c1-38-45(24-33-72-29-20-40(21-30-72)57-47-18-16-43(64)35-51(47)86-70-57)61(80)74-27-7-9-42(59(74)67-38)37-84-55(78)14-6-13-54(77)69-49(63(82)83)10-3-4-26-66-53(76)12-5-15-56(79)85-50-11-8-28-75-60(50)68-39(2)46(62(75)81)25-34-73-31-22-41(23-32-73)58-48-19-17-44(65)36-52(48)87-71-58/h16-19,35-36,40-42,49-50H,3-15,20-34,37H2,1-2H3,(H,66,76)(H,69,77)(H,82,83). The summed E-state index contributed by atoms with van der Waals surface area (Å²) in [5.74, 6) is -2.53. The van der Waals surface area contributed by atoms with Crippen LogP contribution in [0.15, 0.2) is 55.0 Å². The van der Waals surface area contributed by atoms with Crippen LogP contribution in [0.5, 0.6) is 0 Å². The minimum atomic E-state index is -1.20. The van der Waals surface area contributed by atoms with Crippen molar-refractivity contribution in [2.45, 2.75) is 179 Å². The average molecular weight is 1210 g/mol. The third-order valence-corrected chi connectivity index (χ3v) is 17.8. The number of halogens is 2. The Bertz CT molecular complexity index is 3580. The molecule has 2 aromatic carbocycles. The van der Waals surface area contributed by atoms with Gasteiger partial charge in [-0.25, -0.2) is 23.5 Å². The van der Waals surface area contributed by atoms with Gasteiger partial charge in [-0.1, -0.05) is 10.3 Å². The lowest BCUT2D eigenvalue weighted by Crippen LogP contribution is -2.40. The molecule has 2 amide bonds. The predicted molar refractivity (Wildman–Crippen MR) is 314 cm³/mol. The van der Waals surface area contributed by atoms with Crippen molar-refractivity contribution < 1.29 is 56.4 Å². The van der Waals surface area contributed by atoms with Gasteiger partial charge in [0.2, 0.25) is 11.8 Å². The van der Waals surface area contributed by atoms with E-state index in [-0.39, 0.29) is 105 Å². The monoisotopic (exact) mass is 1200 g/mol. The van der Waals surface area contributed by atoms with Crippen LogP contribution in [-0.4, -0.2) is 133 Å². The Morgan fingerprint density at radius 2 is 1.18 bits per heavy atom. The van der Waals surface area contributed by atoms with Crippen LogP contribution in [-0.2, 0) is 59.4 Å². The number of carboxylic acid groups (broad SMARTS) is 1. The molecular formula is C63H78F2N10O12. The highest BCUT2D eigenvalue weighted by Gasteiger charge is 2.32. The number of fused-ring (bicyclic) bond motifs is 4. The van der Waals surface area contributed by atoms with E-state index < -0.39 is 36.0 Å². The molecule has 0 radical (unpaired) electrons. The quantitative estimate of drug-likeness (QED) is 0.0350. The summed E-state index contributed by atoms with van der Waals surface area (Å²) in [7, 11) is 0. The van der Waals surface area contributed by atoms with Gasteiger partial charge in [-0.3, -0.25) is 37.9 Å². The smallest absolute Gasteiger partial charge is 0.326 e. The first kappa shape index (κ1) is 62.3. The third-order valence-electron chi connectivity index (χ3n) is 17.8. The fourth-order valence-corrected chi connectivity index (χ4v) is 12.9. The van der Waals surface area contributed by atoms with Gasteiger partial charge in [-0.2, -0.15) is 0 Å². The highest BCUT2D eigenvalue weighted by atomic mass is 19.1. The second kappa shape index (κ2) is 28.9. The second-order valence-electron chi connectivity index (χ2n) is 23.8. The molecule has 0 saturated carbocycles. The van der Waals surface area contributed by atoms with Crippen molar-refractivity contribution in [1.82, 2.24) is 49.8 Å². The Labute approximate surface area is 501 Å². The minimum absolute atomic E-state index is 0.00593. The number of benzene rings is 2. The zero-order valence-electron chi connectivity index (χ0n) is 49.6. The molecule has 0 aliphatic carbocycles. The maximum Gasteiger partial charge on any atom is 0.326 e. The highest BCUT2D eigenvalue weighted by Crippen LogP contribution is 2.35. The van der Waals surface area contributed by atoms with Crippen LogP contribution in [0.3, 0.4) is 0 Å². The number of hydrogen-bond donors (Lipinski definition) is 3. The van der Waals surface area contributed by atoms with Crippen LogP contribution in [0.4, 0.5) is 8.78 Å². The van der Waals surface area contributed by atoms with Crippen molar-refractivity contribution in [3.63, 3.8) is 0 Å². The van der Waals surface area contributed by atoms with Gasteiger partial charge >= 0.3 is 17.9 Å². The largest absolute Gasteiger partial charge is 0.480 e. The van der Waals surface area contributed by atoms with E-state index in [1.807, 2.05) is 13.8 Å². The van der Waals surface area contributed by atoms with E-state index in [1.54, 1.807) is 21.3 Å². The van der Waals surface area contributed by atoms with Crippen molar-refractivity contribution >= 4 is 51.7 Å². The maximum atomic E-state index is 13.8. The van der Waals surface area contributed by atoms with Gasteiger partial charge in [0.1, 0.15) is 30.1 Å². The summed E-state index contributed by atoms with van der Waals surface area (Å²) in [6.07, 6.45) is 7.73. The molecule has 466 valence electrons. The Morgan fingerprint density at radius 3 is 1.76 bits per heavy atom. The molecule has 4 aromatic heterocycles. The molecule has 4 aliphatic rings. The second-order valence-corrected chi connectivity index (χ2v) is 23.8. The minimum Gasteiger partial charge on any atom is -0.480 e. The van der Waals surface area contributed by atoms with E-state index in [9.17, 15) is 47.4 Å². The molecular weight excluding hydrogens is 1130 g/mol. The number of nitrogens with zero attached hydrogens (tertiary/aromatic N) is 8. The normalized spacial score (nSPS) is 18.1. The number of aromatic nitrogens is 6. The average Bonchev–Trinajstić information content (AvgIpc) is 2.51. The number of carbonyl (C=O) groups is 5. The number of piperidine rings is 2. The van der Waals surface area contributed by atoms with E-state index in [0.717, 1.165) is 80.4 Å². The number of esters is 2. The molecule has 3 N–H and O–H groups in total. The number of carboxylic acids is 1. The predicted octanol–water partition coefficient (Wildman–Crippen LogP) is 7.52. The van der Waals surface area contributed by atoms with Crippen LogP contribution in [0.2, 0.25) is 0 Å². The summed E-state index contributed by atoms with van der Waals surface area (Å²) < 4.78 is 52.9. The van der Waals surface area contributed by atoms with E-state index in [2.05, 4.69) is 30.7 Å². The topological polar surface area (TPSA) is 276 Å². The zero-order valence-corrected chi connectivity index (χ0v) is 49.6. The van der Waals surface area contributed by atoms with Crippen molar-refractivity contribution in [2.75, 3.05) is 52.4 Å². The van der Waals surface area contributed by atoms with Gasteiger partial charge in [0.25, 0.3) is 11.1 Å². The Morgan fingerprint density at radius 1 is 0.655 bits per heavy atom. The fraction of sp³-hybridized carbons (Fsp3) is 0.571. The summed E-state index contributed by atoms with van der Waals surface area (Å²) in [5.41, 5.74) is 5.01. The Balaban J connectivity index is 0.572. The van der Waals surface area contributed by atoms with Crippen LogP contribution >= 0.6 is 0 Å². The lowest BCUT2D eigenvalue weighted by molar-refractivity contribution is -0.151. The summed E-state index contributed by atoms with van der Waals surface area (Å²) in [6, 6.07) is 7.84. The SMILES string of the molecule is Cc1nc2n(c(=O)c1CCN1CCC(c3noc4cc(F)ccc34)CC1)CCCC2COC(=O)CCCC(=O)NC(CCCCNC(=O)CCCC(=O)OC1CCCn2c1nc(C)c(CCN1CCC(c3noc4cc(F)ccc34)CC1)c2=O)C(=O)O. The Kier molecular flexibility index (Phi) is 20.7. The van der Waals surface area contributed by atoms with Crippen LogP contribution in [0.1, 0.15) is 179 Å². The first-order valence-electron chi connectivity index (χ1n) is 31.0. The molecule has 10 rings (SSSR count). The lowest BCUT2D eigenvalue weighted by atomic mass is 9.91. The highest BCUT2D eigenvalue weighted by molar-refractivity contribution is 5.84. The molecule has 6 aromatic rings. The third kappa shape index (κ3) is 15.5. The van der Waals surface area contributed by atoms with E-state index >= 15 is 0 Å². The zero-order chi connectivity index (χ0) is 61.1. The van der Waals surface area contributed by atoms with Gasteiger partial charge in [-0.15, -0.1) is 0 Å². The van der Waals surface area contributed by atoms with Gasteiger partial charge in [0.15, 0.2) is 23.1 Å². The number of nitrogens with one attached hydrogen (secondary N) is 2. The van der Waals surface area contributed by atoms with Gasteiger partial charge in [0.05, 0.1) is 17.3 Å². The van der Waals surface area contributed by atoms with E-state index in [1.165, 1.54) is 24.3 Å². The number of hydrogen-bond acceptors (Lipinski definition) is 17. The molecule has 24 heteroatoms. The number of unbranched alkanes of at least 4 members (excludes halogenated alkanes) is 1. The summed E-state index contributed by atoms with van der Waals surface area (Å²) in [6.45, 7) is 9.65. The summed E-state index contributed by atoms with van der Waals surface area (Å²) in [4.78, 5) is 105. The van der Waals surface area contributed by atoms with Gasteiger partial charge in [-0.05, 0) is 161 Å². The molecule has 8 heterocycles. The number of aryl methyl sites for hydroxylation is 2. The van der Waals surface area contributed by atoms with Crippen LogP contribution < -0.4 is 21.8 Å². The van der Waals surface area contributed by atoms with E-state index in [0.29, 0.717) is 116 Å². The van der Waals surface area contributed by atoms with Gasteiger partial charge < -0.3 is 44.1 Å². The first-order valence-corrected chi connectivity index (χ1v) is 31.0. The molecule has 2 saturated heterocycles. The molecule has 4 aliphatic heterocycles. The molecule has 0 spiro atoms. The maximum absolute atomic E-state index is 13.8. The van der Waals surface area contributed by atoms with Crippen LogP contribution in [0.25, 0.3) is 21.9 Å². The van der Waals surface area contributed by atoms with Crippen LogP contribution in [0, 0.1) is 25.5 Å². The van der Waals surface area contributed by atoms with E-state index in [4.69, 9.17) is 28.5 Å². The molecule has 0 bridgehead atoms. The lowest BCUT2D eigenvalue weighted by Gasteiger charge is -2.31. The first-order chi connectivity index (χ1) is 42.1. The number of amides is 2. The summed E-state index contributed by atoms with van der Waals surface area (Å²) in [5, 5.41) is 25.3. The van der Waals surface area contributed by atoms with Crippen molar-refractivity contribution in [1.29, 1.82) is 0 Å². The molecule has 22 nitrogen and oxygen atoms in total. The number of rotatable bonds is 26. The number of carbonyl (C=O) groups excluding carboxylic acids is 4. The fourth-order valence-electron chi connectivity index (χ4n) is 12.9. The number of likely N-dealkylation sites (tertiary alicyclic amines) is 2. The molecule has 87 heavy (non-hydrogen) atoms.